The van der Waals surface area contributed by atoms with Crippen LogP contribution in [0.3, 0.4) is 0 Å². The number of rotatable bonds is 3. The summed E-state index contributed by atoms with van der Waals surface area (Å²) in [6, 6.07) is 13.8. The summed E-state index contributed by atoms with van der Waals surface area (Å²) in [4.78, 5) is 14.8. The number of nitro groups is 1. The Bertz CT molecular complexity index is 753. The van der Waals surface area contributed by atoms with Crippen LogP contribution < -0.4 is 0 Å². The van der Waals surface area contributed by atoms with Gasteiger partial charge in [0.1, 0.15) is 11.4 Å². The SMILES string of the molecule is O=[N+]([O-])c1ccccc1-n1ccc(-c2ccccn2)n1. The fourth-order valence-electron chi connectivity index (χ4n) is 1.92. The molecule has 3 aromatic rings. The second-order valence-electron chi connectivity index (χ2n) is 4.11. The molecule has 3 rings (SSSR count). The Morgan fingerprint density at radius 1 is 1.00 bits per heavy atom. The molecule has 6 nitrogen and oxygen atoms in total. The van der Waals surface area contributed by atoms with Crippen LogP contribution in [0.15, 0.2) is 60.9 Å². The number of hydrogen-bond acceptors (Lipinski definition) is 4. The molecule has 2 heterocycles. The molecule has 0 fully saturated rings. The van der Waals surface area contributed by atoms with Crippen LogP contribution in [0.5, 0.6) is 0 Å². The molecule has 0 amide bonds. The van der Waals surface area contributed by atoms with Crippen LogP contribution in [0, 0.1) is 10.1 Å². The van der Waals surface area contributed by atoms with E-state index in [2.05, 4.69) is 10.1 Å². The van der Waals surface area contributed by atoms with Crippen molar-refractivity contribution in [2.24, 2.45) is 0 Å². The maximum absolute atomic E-state index is 11.0. The highest BCUT2D eigenvalue weighted by atomic mass is 16.6. The van der Waals surface area contributed by atoms with E-state index in [9.17, 15) is 10.1 Å². The molecular weight excluding hydrogens is 256 g/mol. The maximum Gasteiger partial charge on any atom is 0.294 e. The van der Waals surface area contributed by atoms with E-state index in [1.807, 2.05) is 18.2 Å². The standard InChI is InChI=1S/C14H10N4O2/c19-18(20)14-7-2-1-6-13(14)17-10-8-12(16-17)11-5-3-4-9-15-11/h1-10H. The van der Waals surface area contributed by atoms with Crippen molar-refractivity contribution in [2.45, 2.75) is 0 Å². The molecular formula is C14H10N4O2. The summed E-state index contributed by atoms with van der Waals surface area (Å²) < 4.78 is 1.49. The molecule has 0 spiro atoms. The van der Waals surface area contributed by atoms with Crippen LogP contribution in [0.1, 0.15) is 0 Å². The van der Waals surface area contributed by atoms with E-state index in [-0.39, 0.29) is 5.69 Å². The first-order valence-electron chi connectivity index (χ1n) is 5.96. The number of benzene rings is 1. The molecule has 0 saturated carbocycles. The number of para-hydroxylation sites is 2. The Kier molecular flexibility index (Phi) is 2.96. The van der Waals surface area contributed by atoms with Crippen molar-refractivity contribution in [1.29, 1.82) is 0 Å². The molecule has 0 radical (unpaired) electrons. The zero-order valence-electron chi connectivity index (χ0n) is 10.4. The van der Waals surface area contributed by atoms with Gasteiger partial charge in [-0.3, -0.25) is 15.1 Å². The monoisotopic (exact) mass is 266 g/mol. The van der Waals surface area contributed by atoms with Crippen molar-refractivity contribution in [3.05, 3.63) is 71.0 Å². The minimum Gasteiger partial charge on any atom is -0.258 e. The summed E-state index contributed by atoms with van der Waals surface area (Å²) >= 11 is 0. The van der Waals surface area contributed by atoms with Crippen LogP contribution >= 0.6 is 0 Å². The van der Waals surface area contributed by atoms with Crippen molar-refractivity contribution in [3.63, 3.8) is 0 Å². The molecule has 0 saturated heterocycles. The third-order valence-electron chi connectivity index (χ3n) is 2.84. The van der Waals surface area contributed by atoms with Crippen molar-refractivity contribution >= 4 is 5.69 Å². The summed E-state index contributed by atoms with van der Waals surface area (Å²) in [5.41, 5.74) is 1.84. The molecule has 6 heteroatoms. The Hall–Kier alpha value is -3.02. The van der Waals surface area contributed by atoms with Gasteiger partial charge in [-0.15, -0.1) is 0 Å². The Morgan fingerprint density at radius 3 is 2.55 bits per heavy atom. The normalized spacial score (nSPS) is 10.4. The van der Waals surface area contributed by atoms with Gasteiger partial charge < -0.3 is 0 Å². The average molecular weight is 266 g/mol. The van der Waals surface area contributed by atoms with Gasteiger partial charge in [-0.1, -0.05) is 18.2 Å². The van der Waals surface area contributed by atoms with Crippen LogP contribution in [-0.2, 0) is 0 Å². The zero-order chi connectivity index (χ0) is 13.9. The van der Waals surface area contributed by atoms with Crippen molar-refractivity contribution in [2.75, 3.05) is 0 Å². The first-order valence-corrected chi connectivity index (χ1v) is 5.96. The molecule has 0 atom stereocenters. The van der Waals surface area contributed by atoms with E-state index >= 15 is 0 Å². The fraction of sp³-hybridized carbons (Fsp3) is 0. The first-order chi connectivity index (χ1) is 9.75. The predicted octanol–water partition coefficient (Wildman–Crippen LogP) is 2.84. The van der Waals surface area contributed by atoms with E-state index < -0.39 is 4.92 Å². The smallest absolute Gasteiger partial charge is 0.258 e. The third-order valence-corrected chi connectivity index (χ3v) is 2.84. The highest BCUT2D eigenvalue weighted by molar-refractivity contribution is 5.56. The number of pyridine rings is 1. The largest absolute Gasteiger partial charge is 0.294 e. The third kappa shape index (κ3) is 2.14. The van der Waals surface area contributed by atoms with E-state index in [4.69, 9.17) is 0 Å². The average Bonchev–Trinajstić information content (AvgIpc) is 2.98. The van der Waals surface area contributed by atoms with Gasteiger partial charge in [0.2, 0.25) is 0 Å². The van der Waals surface area contributed by atoms with E-state index in [0.717, 1.165) is 5.69 Å². The van der Waals surface area contributed by atoms with Crippen LogP contribution in [0.25, 0.3) is 17.1 Å². The Morgan fingerprint density at radius 2 is 1.80 bits per heavy atom. The molecule has 1 aromatic carbocycles. The molecule has 20 heavy (non-hydrogen) atoms. The van der Waals surface area contributed by atoms with Gasteiger partial charge in [0.15, 0.2) is 0 Å². The van der Waals surface area contributed by atoms with Crippen molar-refractivity contribution in [3.8, 4) is 17.1 Å². The summed E-state index contributed by atoms with van der Waals surface area (Å²) in [6.07, 6.45) is 3.37. The minimum absolute atomic E-state index is 0.0168. The molecule has 0 aliphatic carbocycles. The summed E-state index contributed by atoms with van der Waals surface area (Å²) in [7, 11) is 0. The lowest BCUT2D eigenvalue weighted by Crippen LogP contribution is -2.00. The quantitative estimate of drug-likeness (QED) is 0.539. The van der Waals surface area contributed by atoms with Crippen molar-refractivity contribution < 1.29 is 4.92 Å². The van der Waals surface area contributed by atoms with E-state index in [1.54, 1.807) is 36.7 Å². The zero-order valence-corrected chi connectivity index (χ0v) is 10.4. The molecule has 2 aromatic heterocycles. The summed E-state index contributed by atoms with van der Waals surface area (Å²) in [5, 5.41) is 15.4. The lowest BCUT2D eigenvalue weighted by molar-refractivity contribution is -0.384. The van der Waals surface area contributed by atoms with Gasteiger partial charge in [0, 0.05) is 18.5 Å². The molecule has 0 aliphatic rings. The Balaban J connectivity index is 2.05. The predicted molar refractivity (Wildman–Crippen MR) is 73.4 cm³/mol. The van der Waals surface area contributed by atoms with Gasteiger partial charge in [-0.05, 0) is 24.3 Å². The lowest BCUT2D eigenvalue weighted by atomic mass is 10.3. The summed E-state index contributed by atoms with van der Waals surface area (Å²) in [5.74, 6) is 0. The second-order valence-corrected chi connectivity index (χ2v) is 4.11. The molecule has 98 valence electrons. The first kappa shape index (κ1) is 12.0. The van der Waals surface area contributed by atoms with Gasteiger partial charge >= 0.3 is 0 Å². The number of nitrogens with zero attached hydrogens (tertiary/aromatic N) is 4. The molecule has 0 bridgehead atoms. The van der Waals surface area contributed by atoms with Gasteiger partial charge in [-0.2, -0.15) is 5.10 Å². The number of hydrogen-bond donors (Lipinski definition) is 0. The van der Waals surface area contributed by atoms with Gasteiger partial charge in [0.25, 0.3) is 5.69 Å². The molecule has 0 unspecified atom stereocenters. The van der Waals surface area contributed by atoms with Crippen LogP contribution in [-0.4, -0.2) is 19.7 Å². The van der Waals surface area contributed by atoms with E-state index in [0.29, 0.717) is 11.4 Å². The topological polar surface area (TPSA) is 73.8 Å². The molecule has 0 aliphatic heterocycles. The second kappa shape index (κ2) is 4.93. The highest BCUT2D eigenvalue weighted by Gasteiger charge is 2.15. The molecule has 0 N–H and O–H groups in total. The fourth-order valence-corrected chi connectivity index (χ4v) is 1.92. The number of aromatic nitrogens is 3. The van der Waals surface area contributed by atoms with Crippen LogP contribution in [0.2, 0.25) is 0 Å². The Labute approximate surface area is 114 Å². The lowest BCUT2D eigenvalue weighted by Gasteiger charge is -2.02. The van der Waals surface area contributed by atoms with Gasteiger partial charge in [0.05, 0.1) is 10.6 Å². The van der Waals surface area contributed by atoms with Crippen molar-refractivity contribution in [1.82, 2.24) is 14.8 Å². The van der Waals surface area contributed by atoms with Crippen LogP contribution in [0.4, 0.5) is 5.69 Å². The number of nitro benzene ring substituents is 1. The maximum atomic E-state index is 11.0. The summed E-state index contributed by atoms with van der Waals surface area (Å²) in [6.45, 7) is 0. The minimum atomic E-state index is -0.419. The van der Waals surface area contributed by atoms with Gasteiger partial charge in [-0.25, -0.2) is 4.68 Å². The highest BCUT2D eigenvalue weighted by Crippen LogP contribution is 2.23. The van der Waals surface area contributed by atoms with E-state index in [1.165, 1.54) is 10.7 Å².